The molecule has 3 heterocycles. The molecule has 1 atom stereocenters. The molecule has 0 radical (unpaired) electrons. The van der Waals surface area contributed by atoms with Crippen LogP contribution in [0.5, 0.6) is 0 Å². The maximum absolute atomic E-state index is 14.0. The van der Waals surface area contributed by atoms with Crippen LogP contribution in [0.15, 0.2) is 78.2 Å². The smallest absolute Gasteiger partial charge is 0.263 e. The normalized spacial score (nSPS) is 16.2. The Labute approximate surface area is 214 Å². The number of rotatable bonds is 7. The van der Waals surface area contributed by atoms with Crippen LogP contribution in [-0.2, 0) is 21.4 Å². The molecule has 2 aromatic heterocycles. The Morgan fingerprint density at radius 3 is 2.65 bits per heavy atom. The van der Waals surface area contributed by atoms with Crippen molar-refractivity contribution in [2.75, 3.05) is 29.3 Å². The number of sulfonamides is 1. The minimum absolute atomic E-state index is 0.0112. The highest BCUT2D eigenvalue weighted by molar-refractivity contribution is 7.92. The average Bonchev–Trinajstić information content (AvgIpc) is 3.32. The van der Waals surface area contributed by atoms with Crippen molar-refractivity contribution in [2.24, 2.45) is 0 Å². The molecule has 1 fully saturated rings. The lowest BCUT2D eigenvalue weighted by Gasteiger charge is -2.41. The third-order valence-electron chi connectivity index (χ3n) is 6.61. The summed E-state index contributed by atoms with van der Waals surface area (Å²) in [6.07, 6.45) is 4.88. The van der Waals surface area contributed by atoms with Crippen LogP contribution >= 0.6 is 0 Å². The van der Waals surface area contributed by atoms with Gasteiger partial charge in [-0.2, -0.15) is 0 Å². The van der Waals surface area contributed by atoms with E-state index in [1.165, 1.54) is 24.7 Å². The molecule has 1 saturated heterocycles. The van der Waals surface area contributed by atoms with Gasteiger partial charge in [0.25, 0.3) is 10.0 Å². The predicted octanol–water partition coefficient (Wildman–Crippen LogP) is 3.50. The van der Waals surface area contributed by atoms with Crippen molar-refractivity contribution in [1.82, 2.24) is 19.4 Å². The van der Waals surface area contributed by atoms with Crippen LogP contribution in [0.2, 0.25) is 0 Å². The molecule has 0 bridgehead atoms. The van der Waals surface area contributed by atoms with Crippen LogP contribution in [0, 0.1) is 5.82 Å². The van der Waals surface area contributed by atoms with E-state index in [-0.39, 0.29) is 28.5 Å². The fourth-order valence-electron chi connectivity index (χ4n) is 4.69. The summed E-state index contributed by atoms with van der Waals surface area (Å²) >= 11 is 0. The van der Waals surface area contributed by atoms with Gasteiger partial charge >= 0.3 is 0 Å². The number of aryl methyl sites for hydroxylation is 1. The Morgan fingerprint density at radius 1 is 1.11 bits per heavy atom. The Kier molecular flexibility index (Phi) is 6.79. The topological polar surface area (TPSA) is 100 Å². The highest BCUT2D eigenvalue weighted by Gasteiger charge is 2.27. The number of hydrogen-bond acceptors (Lipinski definition) is 6. The summed E-state index contributed by atoms with van der Waals surface area (Å²) in [5.74, 6) is -0.00609. The number of fused-ring (bicyclic) bond motifs is 1. The second kappa shape index (κ2) is 10.2. The van der Waals surface area contributed by atoms with E-state index >= 15 is 0 Å². The fraction of sp³-hybridized carbons (Fsp3) is 0.269. The lowest BCUT2D eigenvalue weighted by atomic mass is 10.1. The maximum atomic E-state index is 14.0. The predicted molar refractivity (Wildman–Crippen MR) is 139 cm³/mol. The van der Waals surface area contributed by atoms with Gasteiger partial charge in [-0.05, 0) is 55.5 Å². The minimum atomic E-state index is -3.77. The zero-order chi connectivity index (χ0) is 26.0. The van der Waals surface area contributed by atoms with E-state index in [1.54, 1.807) is 36.4 Å². The van der Waals surface area contributed by atoms with E-state index < -0.39 is 10.0 Å². The van der Waals surface area contributed by atoms with Crippen LogP contribution in [0.4, 0.5) is 15.9 Å². The van der Waals surface area contributed by atoms with E-state index in [1.807, 2.05) is 28.7 Å². The Bertz CT molecular complexity index is 1510. The van der Waals surface area contributed by atoms with Crippen molar-refractivity contribution >= 4 is 38.3 Å². The van der Waals surface area contributed by atoms with E-state index in [4.69, 9.17) is 0 Å². The number of carbonyl (C=O) groups is 1. The van der Waals surface area contributed by atoms with Gasteiger partial charge in [-0.3, -0.25) is 9.52 Å². The number of halogens is 1. The summed E-state index contributed by atoms with van der Waals surface area (Å²) in [6.45, 7) is 4.33. The number of benzene rings is 2. The first kappa shape index (κ1) is 24.7. The number of amides is 1. The van der Waals surface area contributed by atoms with E-state index in [0.29, 0.717) is 38.0 Å². The molecule has 5 rings (SSSR count). The monoisotopic (exact) mass is 522 g/mol. The molecular weight excluding hydrogens is 495 g/mol. The summed E-state index contributed by atoms with van der Waals surface area (Å²) in [5, 5.41) is 0.556. The van der Waals surface area contributed by atoms with Crippen LogP contribution < -0.4 is 9.62 Å². The first-order chi connectivity index (χ1) is 17.8. The molecule has 4 aromatic rings. The summed E-state index contributed by atoms with van der Waals surface area (Å²) in [6, 6.07) is 14.8. The summed E-state index contributed by atoms with van der Waals surface area (Å²) in [7, 11) is -3.77. The number of aromatic nitrogens is 3. The molecule has 1 aliphatic heterocycles. The summed E-state index contributed by atoms with van der Waals surface area (Å²) in [5.41, 5.74) is 1.67. The van der Waals surface area contributed by atoms with Gasteiger partial charge in [-0.25, -0.2) is 22.8 Å². The first-order valence-corrected chi connectivity index (χ1v) is 13.5. The molecule has 1 aliphatic rings. The number of hydrogen-bond donors (Lipinski definition) is 1. The SMILES string of the molecule is C[C@@H]1CN(c2ccc(S(=O)(=O)Nc3ccncn3)cc2)CCN1C(=O)CCn1ccc2c(F)cccc21. The van der Waals surface area contributed by atoms with Crippen molar-refractivity contribution in [1.29, 1.82) is 0 Å². The van der Waals surface area contributed by atoms with Gasteiger partial charge in [-0.1, -0.05) is 6.07 Å². The van der Waals surface area contributed by atoms with Gasteiger partial charge in [0.1, 0.15) is 18.0 Å². The number of nitrogens with one attached hydrogen (secondary N) is 1. The van der Waals surface area contributed by atoms with Gasteiger partial charge in [-0.15, -0.1) is 0 Å². The minimum Gasteiger partial charge on any atom is -0.368 e. The second-order valence-corrected chi connectivity index (χ2v) is 10.7. The zero-order valence-corrected chi connectivity index (χ0v) is 21.1. The number of piperazine rings is 1. The standard InChI is InChI=1S/C26H27FN6O3S/c1-19-17-32(20-5-7-21(8-6-20)37(35,36)30-25-9-12-28-18-29-25)15-16-33(19)26(34)11-14-31-13-10-22-23(27)3-2-4-24(22)31/h2-10,12-13,18-19H,11,14-17H2,1H3,(H,28,29,30)/t19-/m1/s1. The lowest BCUT2D eigenvalue weighted by molar-refractivity contribution is -0.133. The van der Waals surface area contributed by atoms with Crippen molar-refractivity contribution in [3.05, 3.63) is 79.1 Å². The van der Waals surface area contributed by atoms with Crippen LogP contribution in [-0.4, -0.2) is 59.4 Å². The molecule has 0 spiro atoms. The Morgan fingerprint density at radius 2 is 1.92 bits per heavy atom. The van der Waals surface area contributed by atoms with E-state index in [0.717, 1.165) is 11.2 Å². The molecule has 0 unspecified atom stereocenters. The maximum Gasteiger partial charge on any atom is 0.263 e. The highest BCUT2D eigenvalue weighted by Crippen LogP contribution is 2.24. The van der Waals surface area contributed by atoms with Crippen LogP contribution in [0.1, 0.15) is 13.3 Å². The van der Waals surface area contributed by atoms with Crippen LogP contribution in [0.3, 0.4) is 0 Å². The molecule has 1 amide bonds. The van der Waals surface area contributed by atoms with Crippen molar-refractivity contribution in [3.63, 3.8) is 0 Å². The molecular formula is C26H27FN6O3S. The molecule has 0 aliphatic carbocycles. The average molecular weight is 523 g/mol. The van der Waals surface area contributed by atoms with E-state index in [2.05, 4.69) is 19.6 Å². The zero-order valence-electron chi connectivity index (χ0n) is 20.3. The largest absolute Gasteiger partial charge is 0.368 e. The Hall–Kier alpha value is -3.99. The van der Waals surface area contributed by atoms with Gasteiger partial charge in [0, 0.05) is 62.1 Å². The van der Waals surface area contributed by atoms with Gasteiger partial charge in [0.2, 0.25) is 5.91 Å². The lowest BCUT2D eigenvalue weighted by Crippen LogP contribution is -2.54. The molecule has 9 nitrogen and oxygen atoms in total. The third kappa shape index (κ3) is 5.26. The van der Waals surface area contributed by atoms with Gasteiger partial charge in [0.05, 0.1) is 10.4 Å². The highest BCUT2D eigenvalue weighted by atomic mass is 32.2. The second-order valence-electron chi connectivity index (χ2n) is 9.01. The quantitative estimate of drug-likeness (QED) is 0.399. The molecule has 2 aromatic carbocycles. The summed E-state index contributed by atoms with van der Waals surface area (Å²) in [4.78, 5) is 24.8. The van der Waals surface area contributed by atoms with Crippen LogP contribution in [0.25, 0.3) is 10.9 Å². The molecule has 1 N–H and O–H groups in total. The number of anilines is 2. The van der Waals surface area contributed by atoms with Crippen molar-refractivity contribution in [3.8, 4) is 0 Å². The molecule has 0 saturated carbocycles. The van der Waals surface area contributed by atoms with Crippen molar-refractivity contribution < 1.29 is 17.6 Å². The van der Waals surface area contributed by atoms with Crippen molar-refractivity contribution in [2.45, 2.75) is 30.8 Å². The first-order valence-electron chi connectivity index (χ1n) is 12.0. The third-order valence-corrected chi connectivity index (χ3v) is 7.98. The molecule has 11 heteroatoms. The number of nitrogens with zero attached hydrogens (tertiary/aromatic N) is 5. The Balaban J connectivity index is 1.18. The molecule has 192 valence electrons. The number of carbonyl (C=O) groups excluding carboxylic acids is 1. The molecule has 37 heavy (non-hydrogen) atoms. The van der Waals surface area contributed by atoms with Gasteiger partial charge < -0.3 is 14.4 Å². The van der Waals surface area contributed by atoms with Gasteiger partial charge in [0.15, 0.2) is 0 Å². The fourth-order valence-corrected chi connectivity index (χ4v) is 5.70. The van der Waals surface area contributed by atoms with E-state index in [9.17, 15) is 17.6 Å². The summed E-state index contributed by atoms with van der Waals surface area (Å²) < 4.78 is 43.6.